The van der Waals surface area contributed by atoms with Crippen molar-refractivity contribution in [3.63, 3.8) is 0 Å². The van der Waals surface area contributed by atoms with E-state index in [1.54, 1.807) is 13.0 Å². The Balaban J connectivity index is 1.67. The van der Waals surface area contributed by atoms with Crippen LogP contribution in [-0.4, -0.2) is 5.78 Å². The van der Waals surface area contributed by atoms with Gasteiger partial charge in [-0.3, -0.25) is 4.79 Å². The maximum Gasteiger partial charge on any atom is 0.301 e. The minimum atomic E-state index is -2.34. The van der Waals surface area contributed by atoms with Crippen molar-refractivity contribution in [2.45, 2.75) is 32.2 Å². The number of rotatable bonds is 6. The van der Waals surface area contributed by atoms with E-state index in [4.69, 9.17) is 0 Å². The van der Waals surface area contributed by atoms with E-state index in [-0.39, 0.29) is 5.78 Å². The summed E-state index contributed by atoms with van der Waals surface area (Å²) in [5.74, 6) is -1.74. The highest BCUT2D eigenvalue weighted by atomic mass is 19.3. The number of benzene rings is 4. The fraction of sp³-hybridized carbons (Fsp3) is 0.156. The fourth-order valence-corrected chi connectivity index (χ4v) is 5.18. The Morgan fingerprint density at radius 3 is 2.30 bits per heavy atom. The zero-order chi connectivity index (χ0) is 26.2. The highest BCUT2D eigenvalue weighted by Gasteiger charge is 2.45. The summed E-state index contributed by atoms with van der Waals surface area (Å²) in [6.07, 6.45) is -1.39. The molecular weight excluding hydrogens is 471 g/mol. The van der Waals surface area contributed by atoms with Gasteiger partial charge in [0.05, 0.1) is 0 Å². The van der Waals surface area contributed by atoms with Gasteiger partial charge < -0.3 is 4.90 Å². The SMILES string of the molecule is Cc1ccc2c(c1)C(C)(CC(F)=C(F)F)/C(=C/C(=O)c1ccc3ccccc3c1)N2Cc1ccccc1. The Labute approximate surface area is 214 Å². The molecule has 1 unspecified atom stereocenters. The molecule has 1 heterocycles. The van der Waals surface area contributed by atoms with Gasteiger partial charge in [0.25, 0.3) is 0 Å². The quantitative estimate of drug-likeness (QED) is 0.196. The number of hydrogen-bond acceptors (Lipinski definition) is 2. The second kappa shape index (κ2) is 9.74. The van der Waals surface area contributed by atoms with Crippen molar-refractivity contribution >= 4 is 22.2 Å². The molecule has 37 heavy (non-hydrogen) atoms. The van der Waals surface area contributed by atoms with Gasteiger partial charge in [-0.05, 0) is 47.9 Å². The van der Waals surface area contributed by atoms with Gasteiger partial charge >= 0.3 is 6.08 Å². The first-order chi connectivity index (χ1) is 17.8. The first-order valence-electron chi connectivity index (χ1n) is 12.1. The zero-order valence-electron chi connectivity index (χ0n) is 20.6. The van der Waals surface area contributed by atoms with E-state index < -0.39 is 23.7 Å². The van der Waals surface area contributed by atoms with Crippen molar-refractivity contribution in [3.05, 3.63) is 137 Å². The zero-order valence-corrected chi connectivity index (χ0v) is 20.6. The molecule has 0 aromatic heterocycles. The Bertz CT molecular complexity index is 1550. The number of anilines is 1. The maximum atomic E-state index is 14.6. The summed E-state index contributed by atoms with van der Waals surface area (Å²) in [7, 11) is 0. The molecule has 186 valence electrons. The van der Waals surface area contributed by atoms with Crippen molar-refractivity contribution in [1.29, 1.82) is 0 Å². The Hall–Kier alpha value is -4.12. The Morgan fingerprint density at radius 2 is 1.57 bits per heavy atom. The third kappa shape index (κ3) is 4.69. The molecule has 0 spiro atoms. The molecule has 0 N–H and O–H groups in total. The smallest absolute Gasteiger partial charge is 0.301 e. The fourth-order valence-electron chi connectivity index (χ4n) is 5.18. The third-order valence-electron chi connectivity index (χ3n) is 7.09. The lowest BCUT2D eigenvalue weighted by molar-refractivity contribution is 0.104. The predicted molar refractivity (Wildman–Crippen MR) is 142 cm³/mol. The van der Waals surface area contributed by atoms with Crippen LogP contribution in [0.2, 0.25) is 0 Å². The van der Waals surface area contributed by atoms with E-state index in [9.17, 15) is 18.0 Å². The minimum absolute atomic E-state index is 0.264. The van der Waals surface area contributed by atoms with Gasteiger partial charge in [0.1, 0.15) is 0 Å². The first-order valence-corrected chi connectivity index (χ1v) is 12.1. The monoisotopic (exact) mass is 497 g/mol. The lowest BCUT2D eigenvalue weighted by Gasteiger charge is -2.30. The second-order valence-corrected chi connectivity index (χ2v) is 9.72. The summed E-state index contributed by atoms with van der Waals surface area (Å²) < 4.78 is 41.3. The van der Waals surface area contributed by atoms with Gasteiger partial charge in [0, 0.05) is 41.4 Å². The molecule has 1 aliphatic heterocycles. The van der Waals surface area contributed by atoms with E-state index in [0.717, 1.165) is 33.2 Å². The average Bonchev–Trinajstić information content (AvgIpc) is 3.10. The number of carbonyl (C=O) groups is 1. The summed E-state index contributed by atoms with van der Waals surface area (Å²) >= 11 is 0. The molecule has 0 fully saturated rings. The lowest BCUT2D eigenvalue weighted by Crippen LogP contribution is -2.29. The summed E-state index contributed by atoms with van der Waals surface area (Å²) in [6, 6.07) is 28.7. The number of nitrogens with zero attached hydrogens (tertiary/aromatic N) is 1. The van der Waals surface area contributed by atoms with E-state index in [1.165, 1.54) is 6.08 Å². The van der Waals surface area contributed by atoms with Gasteiger partial charge in [0.2, 0.25) is 0 Å². The Morgan fingerprint density at radius 1 is 0.865 bits per heavy atom. The second-order valence-electron chi connectivity index (χ2n) is 9.72. The standard InChI is InChI=1S/C32H26F3NO/c1-21-12-15-28-26(16-21)32(2,19-27(33)31(34)35)30(36(28)20-22-8-4-3-5-9-22)18-29(37)25-14-13-23-10-6-7-11-24(23)17-25/h3-18H,19-20H2,1-2H3/b30-18-. The van der Waals surface area contributed by atoms with E-state index in [1.807, 2.05) is 96.8 Å². The van der Waals surface area contributed by atoms with Gasteiger partial charge in [-0.2, -0.15) is 8.78 Å². The van der Waals surface area contributed by atoms with E-state index >= 15 is 0 Å². The molecule has 0 aliphatic carbocycles. The van der Waals surface area contributed by atoms with Crippen LogP contribution in [0.1, 0.15) is 40.4 Å². The van der Waals surface area contributed by atoms with E-state index in [0.29, 0.717) is 17.8 Å². The lowest BCUT2D eigenvalue weighted by atomic mass is 9.77. The number of halogens is 3. The largest absolute Gasteiger partial charge is 0.339 e. The summed E-state index contributed by atoms with van der Waals surface area (Å²) in [6.45, 7) is 4.05. The number of fused-ring (bicyclic) bond motifs is 2. The number of aryl methyl sites for hydroxylation is 1. The normalized spacial score (nSPS) is 17.8. The molecule has 1 atom stereocenters. The van der Waals surface area contributed by atoms with Crippen LogP contribution in [0.3, 0.4) is 0 Å². The molecule has 0 radical (unpaired) electrons. The number of ketones is 1. The molecule has 0 bridgehead atoms. The third-order valence-corrected chi connectivity index (χ3v) is 7.09. The van der Waals surface area contributed by atoms with Crippen LogP contribution in [-0.2, 0) is 12.0 Å². The van der Waals surface area contributed by atoms with Gasteiger partial charge in [-0.1, -0.05) is 84.4 Å². The molecule has 4 aromatic rings. The molecule has 0 saturated heterocycles. The van der Waals surface area contributed by atoms with Crippen molar-refractivity contribution in [3.8, 4) is 0 Å². The highest BCUT2D eigenvalue weighted by Crippen LogP contribution is 2.52. The topological polar surface area (TPSA) is 20.3 Å². The van der Waals surface area contributed by atoms with Gasteiger partial charge in [-0.25, -0.2) is 4.39 Å². The van der Waals surface area contributed by atoms with Crippen LogP contribution in [0.15, 0.2) is 115 Å². The summed E-state index contributed by atoms with van der Waals surface area (Å²) in [5, 5.41) is 1.94. The van der Waals surface area contributed by atoms with Crippen LogP contribution in [0.5, 0.6) is 0 Å². The number of allylic oxidation sites excluding steroid dienone is 3. The van der Waals surface area contributed by atoms with Gasteiger partial charge in [0.15, 0.2) is 11.6 Å². The van der Waals surface area contributed by atoms with Crippen LogP contribution < -0.4 is 4.90 Å². The van der Waals surface area contributed by atoms with Crippen molar-refractivity contribution in [2.24, 2.45) is 0 Å². The average molecular weight is 498 g/mol. The van der Waals surface area contributed by atoms with Crippen LogP contribution in [0.25, 0.3) is 10.8 Å². The van der Waals surface area contributed by atoms with E-state index in [2.05, 4.69) is 0 Å². The molecule has 0 saturated carbocycles. The first kappa shape index (κ1) is 24.6. The van der Waals surface area contributed by atoms with Crippen LogP contribution in [0, 0.1) is 6.92 Å². The van der Waals surface area contributed by atoms with Crippen LogP contribution in [0.4, 0.5) is 18.9 Å². The predicted octanol–water partition coefficient (Wildman–Crippen LogP) is 8.66. The number of hydrogen-bond donors (Lipinski definition) is 0. The molecule has 0 amide bonds. The molecular formula is C32H26F3NO. The Kier molecular flexibility index (Phi) is 6.46. The molecule has 4 aromatic carbocycles. The molecule has 2 nitrogen and oxygen atoms in total. The molecule has 1 aliphatic rings. The minimum Gasteiger partial charge on any atom is -0.339 e. The maximum absolute atomic E-state index is 14.6. The highest BCUT2D eigenvalue weighted by molar-refractivity contribution is 6.07. The molecule has 5 heteroatoms. The molecule has 5 rings (SSSR count). The summed E-state index contributed by atoms with van der Waals surface area (Å²) in [5.41, 5.74) is 3.21. The van der Waals surface area contributed by atoms with Crippen molar-refractivity contribution in [2.75, 3.05) is 4.90 Å². The van der Waals surface area contributed by atoms with Crippen molar-refractivity contribution < 1.29 is 18.0 Å². The number of carbonyl (C=O) groups excluding carboxylic acids is 1. The van der Waals surface area contributed by atoms with Crippen LogP contribution >= 0.6 is 0 Å². The van der Waals surface area contributed by atoms with Gasteiger partial charge in [-0.15, -0.1) is 0 Å². The van der Waals surface area contributed by atoms with Crippen molar-refractivity contribution in [1.82, 2.24) is 0 Å². The summed E-state index contributed by atoms with van der Waals surface area (Å²) in [4.78, 5) is 15.6.